The van der Waals surface area contributed by atoms with Crippen LogP contribution in [0, 0.1) is 0 Å². The zero-order valence-electron chi connectivity index (χ0n) is 9.20. The summed E-state index contributed by atoms with van der Waals surface area (Å²) in [6, 6.07) is 7.90. The lowest BCUT2D eigenvalue weighted by molar-refractivity contribution is 1.08. The zero-order valence-corrected chi connectivity index (χ0v) is 9.20. The van der Waals surface area contributed by atoms with E-state index in [4.69, 9.17) is 11.5 Å². The van der Waals surface area contributed by atoms with Crippen LogP contribution < -0.4 is 11.5 Å². The standard InChI is InChI=1S/C10H11N3.C2H6/c11-6-7-1-2-9-8(5-7)3-4-13-10(9)12;1-2/h1-5H,6,11H2,(H2,12,13);1-2H3. The van der Waals surface area contributed by atoms with Crippen LogP contribution in [0.1, 0.15) is 19.4 Å². The second kappa shape index (κ2) is 5.32. The van der Waals surface area contributed by atoms with Crippen molar-refractivity contribution in [2.24, 2.45) is 5.73 Å². The van der Waals surface area contributed by atoms with Crippen molar-refractivity contribution in [2.75, 3.05) is 5.73 Å². The lowest BCUT2D eigenvalue weighted by Gasteiger charge is -2.02. The fourth-order valence-electron chi connectivity index (χ4n) is 1.38. The molecule has 3 heteroatoms. The molecule has 0 bridgehead atoms. The monoisotopic (exact) mass is 203 g/mol. The molecule has 0 aliphatic carbocycles. The molecule has 0 spiro atoms. The van der Waals surface area contributed by atoms with E-state index in [1.54, 1.807) is 6.20 Å². The van der Waals surface area contributed by atoms with Gasteiger partial charge in [-0.3, -0.25) is 0 Å². The Hall–Kier alpha value is -1.61. The number of aromatic nitrogens is 1. The molecule has 0 saturated carbocycles. The molecule has 1 aromatic heterocycles. The van der Waals surface area contributed by atoms with Gasteiger partial charge in [0.05, 0.1) is 0 Å². The number of nitrogens with two attached hydrogens (primary N) is 2. The van der Waals surface area contributed by atoms with Crippen LogP contribution in [-0.4, -0.2) is 4.98 Å². The van der Waals surface area contributed by atoms with Gasteiger partial charge >= 0.3 is 0 Å². The van der Waals surface area contributed by atoms with Crippen molar-refractivity contribution < 1.29 is 0 Å². The number of nitrogens with zero attached hydrogens (tertiary/aromatic N) is 1. The van der Waals surface area contributed by atoms with E-state index < -0.39 is 0 Å². The third-order valence-corrected chi connectivity index (χ3v) is 2.10. The van der Waals surface area contributed by atoms with Crippen LogP contribution in [0.4, 0.5) is 5.82 Å². The van der Waals surface area contributed by atoms with E-state index >= 15 is 0 Å². The van der Waals surface area contributed by atoms with Crippen LogP contribution in [0.2, 0.25) is 0 Å². The Morgan fingerprint density at radius 1 is 1.20 bits per heavy atom. The number of rotatable bonds is 1. The maximum Gasteiger partial charge on any atom is 0.131 e. The number of benzene rings is 1. The van der Waals surface area contributed by atoms with Crippen molar-refractivity contribution >= 4 is 16.6 Å². The summed E-state index contributed by atoms with van der Waals surface area (Å²) in [4.78, 5) is 4.01. The molecule has 0 radical (unpaired) electrons. The van der Waals surface area contributed by atoms with Gasteiger partial charge in [0.25, 0.3) is 0 Å². The van der Waals surface area contributed by atoms with Crippen LogP contribution >= 0.6 is 0 Å². The minimum atomic E-state index is 0.554. The van der Waals surface area contributed by atoms with Crippen molar-refractivity contribution in [1.29, 1.82) is 0 Å². The second-order valence-electron chi connectivity index (χ2n) is 2.96. The van der Waals surface area contributed by atoms with E-state index in [9.17, 15) is 0 Å². The van der Waals surface area contributed by atoms with Crippen LogP contribution in [0.3, 0.4) is 0 Å². The van der Waals surface area contributed by atoms with E-state index in [0.717, 1.165) is 16.3 Å². The molecule has 0 saturated heterocycles. The van der Waals surface area contributed by atoms with Crippen molar-refractivity contribution in [2.45, 2.75) is 20.4 Å². The summed E-state index contributed by atoms with van der Waals surface area (Å²) < 4.78 is 0. The van der Waals surface area contributed by atoms with E-state index in [-0.39, 0.29) is 0 Å². The molecule has 0 atom stereocenters. The summed E-state index contributed by atoms with van der Waals surface area (Å²) in [5.41, 5.74) is 12.3. The van der Waals surface area contributed by atoms with E-state index in [2.05, 4.69) is 4.98 Å². The Morgan fingerprint density at radius 3 is 2.60 bits per heavy atom. The Labute approximate surface area is 90.1 Å². The first-order chi connectivity index (χ1) is 7.31. The number of nitrogen functional groups attached to an aromatic ring is 1. The quantitative estimate of drug-likeness (QED) is 0.747. The normalized spacial score (nSPS) is 9.53. The maximum absolute atomic E-state index is 5.71. The van der Waals surface area contributed by atoms with Gasteiger partial charge in [-0.05, 0) is 23.1 Å². The number of fused-ring (bicyclic) bond motifs is 1. The molecule has 2 aromatic rings. The molecule has 0 aliphatic rings. The van der Waals surface area contributed by atoms with Crippen LogP contribution in [0.15, 0.2) is 30.5 Å². The molecule has 1 heterocycles. The highest BCUT2D eigenvalue weighted by Gasteiger charge is 1.98. The zero-order chi connectivity index (χ0) is 11.3. The fraction of sp³-hybridized carbons (Fsp3) is 0.250. The Bertz CT molecular complexity index is 438. The Morgan fingerprint density at radius 2 is 1.93 bits per heavy atom. The second-order valence-corrected chi connectivity index (χ2v) is 2.96. The number of anilines is 1. The van der Waals surface area contributed by atoms with Crippen molar-refractivity contribution in [1.82, 2.24) is 4.98 Å². The summed E-state index contributed by atoms with van der Waals surface area (Å²) >= 11 is 0. The van der Waals surface area contributed by atoms with Gasteiger partial charge < -0.3 is 11.5 Å². The van der Waals surface area contributed by atoms with Crippen LogP contribution in [0.25, 0.3) is 10.8 Å². The van der Waals surface area contributed by atoms with Gasteiger partial charge in [-0.1, -0.05) is 26.0 Å². The summed E-state index contributed by atoms with van der Waals surface area (Å²) in [5, 5.41) is 2.08. The van der Waals surface area contributed by atoms with Crippen LogP contribution in [0.5, 0.6) is 0 Å². The molecule has 4 N–H and O–H groups in total. The molecule has 0 fully saturated rings. The smallest absolute Gasteiger partial charge is 0.131 e. The molecule has 0 aliphatic heterocycles. The third-order valence-electron chi connectivity index (χ3n) is 2.10. The maximum atomic E-state index is 5.71. The predicted molar refractivity (Wildman–Crippen MR) is 65.4 cm³/mol. The average Bonchev–Trinajstić information content (AvgIpc) is 2.31. The lowest BCUT2D eigenvalue weighted by atomic mass is 10.1. The molecule has 3 nitrogen and oxygen atoms in total. The predicted octanol–water partition coefficient (Wildman–Crippen LogP) is 2.30. The number of hydrogen-bond acceptors (Lipinski definition) is 3. The fourth-order valence-corrected chi connectivity index (χ4v) is 1.38. The first kappa shape index (κ1) is 11.5. The highest BCUT2D eigenvalue weighted by atomic mass is 14.8. The van der Waals surface area contributed by atoms with Gasteiger partial charge in [-0.25, -0.2) is 4.98 Å². The minimum absolute atomic E-state index is 0.554. The van der Waals surface area contributed by atoms with Gasteiger partial charge in [0.2, 0.25) is 0 Å². The van der Waals surface area contributed by atoms with Crippen LogP contribution in [-0.2, 0) is 6.54 Å². The SMILES string of the molecule is CC.NCc1ccc2c(N)nccc2c1. The van der Waals surface area contributed by atoms with Crippen molar-refractivity contribution in [3.63, 3.8) is 0 Å². The first-order valence-electron chi connectivity index (χ1n) is 5.14. The summed E-state index contributed by atoms with van der Waals surface area (Å²) in [7, 11) is 0. The lowest BCUT2D eigenvalue weighted by Crippen LogP contribution is -1.96. The van der Waals surface area contributed by atoms with Gasteiger partial charge in [0.1, 0.15) is 5.82 Å². The summed E-state index contributed by atoms with van der Waals surface area (Å²) in [5.74, 6) is 0.570. The minimum Gasteiger partial charge on any atom is -0.383 e. The highest BCUT2D eigenvalue weighted by molar-refractivity contribution is 5.91. The number of hydrogen-bond donors (Lipinski definition) is 2. The largest absolute Gasteiger partial charge is 0.383 e. The Balaban J connectivity index is 0.000000531. The molecular weight excluding hydrogens is 186 g/mol. The van der Waals surface area contributed by atoms with E-state index in [1.807, 2.05) is 38.1 Å². The highest BCUT2D eigenvalue weighted by Crippen LogP contribution is 2.19. The van der Waals surface area contributed by atoms with Gasteiger partial charge in [0, 0.05) is 18.1 Å². The summed E-state index contributed by atoms with van der Waals surface area (Å²) in [6.07, 6.45) is 1.71. The Kier molecular flexibility index (Phi) is 4.06. The third kappa shape index (κ3) is 2.44. The number of pyridine rings is 1. The molecule has 0 unspecified atom stereocenters. The van der Waals surface area contributed by atoms with Crippen molar-refractivity contribution in [3.8, 4) is 0 Å². The molecule has 15 heavy (non-hydrogen) atoms. The van der Waals surface area contributed by atoms with Gasteiger partial charge in [-0.2, -0.15) is 0 Å². The first-order valence-corrected chi connectivity index (χ1v) is 5.14. The van der Waals surface area contributed by atoms with Gasteiger partial charge in [0.15, 0.2) is 0 Å². The van der Waals surface area contributed by atoms with E-state index in [1.165, 1.54) is 0 Å². The topological polar surface area (TPSA) is 64.9 Å². The molecule has 2 rings (SSSR count). The summed E-state index contributed by atoms with van der Waals surface area (Å²) in [6.45, 7) is 4.55. The van der Waals surface area contributed by atoms with Crippen molar-refractivity contribution in [3.05, 3.63) is 36.0 Å². The average molecular weight is 203 g/mol. The van der Waals surface area contributed by atoms with Gasteiger partial charge in [-0.15, -0.1) is 0 Å². The molecular formula is C12H17N3. The molecule has 1 aromatic carbocycles. The molecule has 0 amide bonds. The van der Waals surface area contributed by atoms with E-state index in [0.29, 0.717) is 12.4 Å². The molecule has 80 valence electrons.